The minimum atomic E-state index is -0.0542. The zero-order valence-corrected chi connectivity index (χ0v) is 14.1. The number of nitrogens with zero attached hydrogens (tertiary/aromatic N) is 4. The summed E-state index contributed by atoms with van der Waals surface area (Å²) < 4.78 is 1.74. The molecule has 1 aromatic heterocycles. The lowest BCUT2D eigenvalue weighted by molar-refractivity contribution is -0.113. The number of carbonyl (C=O) groups is 1. The fourth-order valence-electron chi connectivity index (χ4n) is 2.08. The molecule has 0 aliphatic heterocycles. The number of amides is 1. The number of nitrogens with one attached hydrogen (secondary N) is 1. The van der Waals surface area contributed by atoms with Gasteiger partial charge in [0.05, 0.1) is 5.75 Å². The average Bonchev–Trinajstić information content (AvgIpc) is 2.87. The summed E-state index contributed by atoms with van der Waals surface area (Å²) in [5.74, 6) is 0.680. The van der Waals surface area contributed by atoms with Gasteiger partial charge >= 0.3 is 0 Å². The van der Waals surface area contributed by atoms with Crippen LogP contribution in [0.1, 0.15) is 25.0 Å². The van der Waals surface area contributed by atoms with Gasteiger partial charge in [0.2, 0.25) is 11.1 Å². The topological polar surface area (TPSA) is 72.7 Å². The fraction of sp³-hybridized carbons (Fsp3) is 0.467. The second-order valence-electron chi connectivity index (χ2n) is 5.64. The maximum atomic E-state index is 12.1. The van der Waals surface area contributed by atoms with Gasteiger partial charge < -0.3 is 5.32 Å². The van der Waals surface area contributed by atoms with Crippen molar-refractivity contribution in [2.24, 2.45) is 5.92 Å². The Morgan fingerprint density at radius 3 is 2.64 bits per heavy atom. The molecule has 1 heterocycles. The van der Waals surface area contributed by atoms with E-state index in [1.54, 1.807) is 4.68 Å². The Morgan fingerprint density at radius 1 is 1.32 bits per heavy atom. The Morgan fingerprint density at radius 2 is 2.00 bits per heavy atom. The van der Waals surface area contributed by atoms with Crippen molar-refractivity contribution in [1.82, 2.24) is 20.2 Å². The first-order valence-corrected chi connectivity index (χ1v) is 8.21. The number of thioether (sulfide) groups is 1. The van der Waals surface area contributed by atoms with Crippen molar-refractivity contribution in [2.45, 2.75) is 39.4 Å². The number of aromatic nitrogens is 4. The molecule has 1 N–H and O–H groups in total. The van der Waals surface area contributed by atoms with Crippen molar-refractivity contribution >= 4 is 23.4 Å². The number of rotatable bonds is 6. The van der Waals surface area contributed by atoms with E-state index in [-0.39, 0.29) is 11.7 Å². The third-order valence-electron chi connectivity index (χ3n) is 3.12. The van der Waals surface area contributed by atoms with Crippen LogP contribution in [0.15, 0.2) is 23.4 Å². The number of carbonyl (C=O) groups excluding carboxylic acids is 1. The lowest BCUT2D eigenvalue weighted by atomic mass is 10.1. The summed E-state index contributed by atoms with van der Waals surface area (Å²) in [7, 11) is 0. The molecule has 2 rings (SSSR count). The first-order chi connectivity index (χ1) is 10.5. The van der Waals surface area contributed by atoms with Gasteiger partial charge in [0.15, 0.2) is 0 Å². The molecule has 0 radical (unpaired) electrons. The van der Waals surface area contributed by atoms with Crippen LogP contribution in [-0.4, -0.2) is 31.9 Å². The minimum absolute atomic E-state index is 0.0542. The largest absolute Gasteiger partial charge is 0.325 e. The van der Waals surface area contributed by atoms with E-state index in [9.17, 15) is 4.79 Å². The first-order valence-electron chi connectivity index (χ1n) is 7.22. The lowest BCUT2D eigenvalue weighted by Crippen LogP contribution is -2.16. The summed E-state index contributed by atoms with van der Waals surface area (Å²) in [6.45, 7) is 8.92. The maximum Gasteiger partial charge on any atom is 0.234 e. The second kappa shape index (κ2) is 7.40. The van der Waals surface area contributed by atoms with E-state index in [0.717, 1.165) is 23.4 Å². The quantitative estimate of drug-likeness (QED) is 0.829. The normalized spacial score (nSPS) is 11.0. The van der Waals surface area contributed by atoms with E-state index >= 15 is 0 Å². The smallest absolute Gasteiger partial charge is 0.234 e. The molecule has 0 saturated heterocycles. The predicted octanol–water partition coefficient (Wildman–Crippen LogP) is 2.68. The summed E-state index contributed by atoms with van der Waals surface area (Å²) in [5, 5.41) is 15.2. The van der Waals surface area contributed by atoms with Crippen LogP contribution in [-0.2, 0) is 11.3 Å². The Hall–Kier alpha value is -1.89. The predicted molar refractivity (Wildman–Crippen MR) is 87.9 cm³/mol. The van der Waals surface area contributed by atoms with E-state index in [0.29, 0.717) is 11.1 Å². The van der Waals surface area contributed by atoms with Gasteiger partial charge in [-0.15, -0.1) is 5.10 Å². The fourth-order valence-corrected chi connectivity index (χ4v) is 2.76. The number of hydrogen-bond donors (Lipinski definition) is 1. The van der Waals surface area contributed by atoms with Gasteiger partial charge in [-0.2, -0.15) is 0 Å². The molecule has 1 amide bonds. The molecule has 2 aromatic rings. The molecule has 7 heteroatoms. The second-order valence-corrected chi connectivity index (χ2v) is 6.58. The van der Waals surface area contributed by atoms with E-state index in [2.05, 4.69) is 34.7 Å². The molecular formula is C15H21N5OS. The molecule has 0 aliphatic rings. The van der Waals surface area contributed by atoms with Crippen LogP contribution in [0.4, 0.5) is 5.69 Å². The molecule has 22 heavy (non-hydrogen) atoms. The number of anilines is 1. The van der Waals surface area contributed by atoms with Crippen LogP contribution >= 0.6 is 11.8 Å². The van der Waals surface area contributed by atoms with E-state index in [4.69, 9.17) is 0 Å². The van der Waals surface area contributed by atoms with Crippen LogP contribution in [0.25, 0.3) is 0 Å². The minimum Gasteiger partial charge on any atom is -0.325 e. The SMILES string of the molecule is Cc1cccc(C)c1NC(=O)CSc1nnnn1CC(C)C. The van der Waals surface area contributed by atoms with Gasteiger partial charge in [-0.05, 0) is 41.3 Å². The van der Waals surface area contributed by atoms with Crippen LogP contribution in [0, 0.1) is 19.8 Å². The Labute approximate surface area is 134 Å². The molecule has 0 atom stereocenters. The van der Waals surface area contributed by atoms with Gasteiger partial charge in [-0.3, -0.25) is 4.79 Å². The lowest BCUT2D eigenvalue weighted by Gasteiger charge is -2.11. The summed E-state index contributed by atoms with van der Waals surface area (Å²) in [6, 6.07) is 5.95. The maximum absolute atomic E-state index is 12.1. The van der Waals surface area contributed by atoms with Crippen LogP contribution in [0.2, 0.25) is 0 Å². The Bertz CT molecular complexity index is 633. The summed E-state index contributed by atoms with van der Waals surface area (Å²) in [6.07, 6.45) is 0. The van der Waals surface area contributed by atoms with Gasteiger partial charge in [0, 0.05) is 12.2 Å². The first kappa shape index (κ1) is 16.5. The van der Waals surface area contributed by atoms with Gasteiger partial charge in [-0.1, -0.05) is 43.8 Å². The summed E-state index contributed by atoms with van der Waals surface area (Å²) >= 11 is 1.35. The highest BCUT2D eigenvalue weighted by Crippen LogP contribution is 2.21. The zero-order valence-electron chi connectivity index (χ0n) is 13.3. The molecule has 1 aromatic carbocycles. The Balaban J connectivity index is 1.95. The number of tetrazole rings is 1. The van der Waals surface area contributed by atoms with Crippen LogP contribution in [0.3, 0.4) is 0 Å². The van der Waals surface area contributed by atoms with Gasteiger partial charge in [0.25, 0.3) is 0 Å². The van der Waals surface area contributed by atoms with Crippen LogP contribution < -0.4 is 5.32 Å². The molecule has 0 saturated carbocycles. The van der Waals surface area contributed by atoms with Crippen LogP contribution in [0.5, 0.6) is 0 Å². The third-order valence-corrected chi connectivity index (χ3v) is 4.07. The van der Waals surface area contributed by atoms with Gasteiger partial charge in [0.1, 0.15) is 0 Å². The molecule has 0 bridgehead atoms. The average molecular weight is 319 g/mol. The molecule has 0 unspecified atom stereocenters. The molecule has 0 spiro atoms. The number of hydrogen-bond acceptors (Lipinski definition) is 5. The summed E-state index contributed by atoms with van der Waals surface area (Å²) in [4.78, 5) is 12.1. The highest BCUT2D eigenvalue weighted by Gasteiger charge is 2.12. The van der Waals surface area contributed by atoms with Crippen molar-refractivity contribution in [2.75, 3.05) is 11.1 Å². The van der Waals surface area contributed by atoms with E-state index in [1.165, 1.54) is 11.8 Å². The number of aryl methyl sites for hydroxylation is 2. The van der Waals surface area contributed by atoms with Crippen molar-refractivity contribution in [1.29, 1.82) is 0 Å². The molecule has 6 nitrogen and oxygen atoms in total. The molecule has 0 aliphatic carbocycles. The highest BCUT2D eigenvalue weighted by molar-refractivity contribution is 7.99. The van der Waals surface area contributed by atoms with Crippen molar-refractivity contribution in [3.8, 4) is 0 Å². The monoisotopic (exact) mass is 319 g/mol. The van der Waals surface area contributed by atoms with Crippen molar-refractivity contribution < 1.29 is 4.79 Å². The highest BCUT2D eigenvalue weighted by atomic mass is 32.2. The summed E-state index contributed by atoms with van der Waals surface area (Å²) in [5.41, 5.74) is 3.00. The standard InChI is InChI=1S/C15H21N5OS/c1-10(2)8-20-15(17-18-19-20)22-9-13(21)16-14-11(3)6-5-7-12(14)4/h5-7,10H,8-9H2,1-4H3,(H,16,21). The van der Waals surface area contributed by atoms with E-state index in [1.807, 2.05) is 32.0 Å². The Kier molecular flexibility index (Phi) is 5.54. The van der Waals surface area contributed by atoms with Crippen molar-refractivity contribution in [3.05, 3.63) is 29.3 Å². The molecular weight excluding hydrogens is 298 g/mol. The number of benzene rings is 1. The number of para-hydroxylation sites is 1. The zero-order chi connectivity index (χ0) is 16.1. The van der Waals surface area contributed by atoms with E-state index < -0.39 is 0 Å². The third kappa shape index (κ3) is 4.30. The molecule has 0 fully saturated rings. The van der Waals surface area contributed by atoms with Crippen molar-refractivity contribution in [3.63, 3.8) is 0 Å². The molecule has 118 valence electrons. The van der Waals surface area contributed by atoms with Gasteiger partial charge in [-0.25, -0.2) is 4.68 Å².